The molecule has 0 bridgehead atoms. The van der Waals surface area contributed by atoms with Gasteiger partial charge in [0.25, 0.3) is 0 Å². The molecule has 1 aliphatic rings. The Morgan fingerprint density at radius 3 is 2.30 bits per heavy atom. The molecule has 3 heteroatoms. The monoisotopic (exact) mass is 143 g/mol. The molecule has 60 valence electrons. The number of hydrogen-bond donors (Lipinski definition) is 3. The highest BCUT2D eigenvalue weighted by molar-refractivity contribution is 4.70. The van der Waals surface area contributed by atoms with Crippen LogP contribution in [0.25, 0.3) is 0 Å². The first-order chi connectivity index (χ1) is 4.93. The first-order valence-electron chi connectivity index (χ1n) is 4.05. The topological polar surface area (TPSA) is 50.1 Å². The molecule has 0 atom stereocenters. The van der Waals surface area contributed by atoms with E-state index in [1.807, 2.05) is 0 Å². The lowest BCUT2D eigenvalue weighted by atomic mass is 10.1. The fourth-order valence-electron chi connectivity index (χ4n) is 1.30. The maximum atomic E-state index is 5.45. The van der Waals surface area contributed by atoms with Crippen molar-refractivity contribution in [2.45, 2.75) is 6.42 Å². The number of nitrogens with one attached hydrogen (secondary N) is 2. The van der Waals surface area contributed by atoms with E-state index in [2.05, 4.69) is 10.6 Å². The van der Waals surface area contributed by atoms with Gasteiger partial charge >= 0.3 is 0 Å². The lowest BCUT2D eigenvalue weighted by molar-refractivity contribution is 0.471. The van der Waals surface area contributed by atoms with Crippen LogP contribution in [0.1, 0.15) is 6.42 Å². The third kappa shape index (κ3) is 2.64. The molecule has 1 heterocycles. The van der Waals surface area contributed by atoms with Gasteiger partial charge in [0.1, 0.15) is 0 Å². The van der Waals surface area contributed by atoms with Gasteiger partial charge in [0.15, 0.2) is 0 Å². The minimum absolute atomic E-state index is 0.743. The molecule has 1 saturated heterocycles. The predicted octanol–water partition coefficient (Wildman–Crippen LogP) is -0.856. The summed E-state index contributed by atoms with van der Waals surface area (Å²) in [5, 5.41) is 6.73. The van der Waals surface area contributed by atoms with Crippen molar-refractivity contribution in [1.29, 1.82) is 0 Å². The Morgan fingerprint density at radius 2 is 1.80 bits per heavy atom. The Morgan fingerprint density at radius 1 is 1.20 bits per heavy atom. The van der Waals surface area contributed by atoms with Gasteiger partial charge in [-0.1, -0.05) is 0 Å². The van der Waals surface area contributed by atoms with Crippen molar-refractivity contribution < 1.29 is 0 Å². The van der Waals surface area contributed by atoms with Crippen LogP contribution in [0.4, 0.5) is 0 Å². The molecule has 0 amide bonds. The lowest BCUT2D eigenvalue weighted by Gasteiger charge is -2.11. The smallest absolute Gasteiger partial charge is 0.00768 e. The van der Waals surface area contributed by atoms with Crippen molar-refractivity contribution in [3.8, 4) is 0 Å². The summed E-state index contributed by atoms with van der Waals surface area (Å²) in [6, 6.07) is 0. The number of rotatable bonds is 2. The molecular formula is C7H17N3. The van der Waals surface area contributed by atoms with Crippen LogP contribution in [-0.2, 0) is 0 Å². The van der Waals surface area contributed by atoms with E-state index in [9.17, 15) is 0 Å². The molecule has 0 unspecified atom stereocenters. The molecule has 4 N–H and O–H groups in total. The van der Waals surface area contributed by atoms with Crippen LogP contribution in [0.3, 0.4) is 0 Å². The van der Waals surface area contributed by atoms with Crippen LogP contribution >= 0.6 is 0 Å². The van der Waals surface area contributed by atoms with Crippen LogP contribution < -0.4 is 16.4 Å². The third-order valence-electron chi connectivity index (χ3n) is 1.92. The summed E-state index contributed by atoms with van der Waals surface area (Å²) in [5.74, 6) is 0.743. The van der Waals surface area contributed by atoms with E-state index in [0.29, 0.717) is 0 Å². The van der Waals surface area contributed by atoms with Crippen LogP contribution in [0.2, 0.25) is 0 Å². The molecule has 1 aliphatic heterocycles. The van der Waals surface area contributed by atoms with Gasteiger partial charge in [-0.15, -0.1) is 0 Å². The van der Waals surface area contributed by atoms with Gasteiger partial charge in [0.2, 0.25) is 0 Å². The first kappa shape index (κ1) is 7.98. The summed E-state index contributed by atoms with van der Waals surface area (Å²) in [7, 11) is 0. The Bertz CT molecular complexity index is 76.9. The second-order valence-electron chi connectivity index (χ2n) is 2.85. The SMILES string of the molecule is NCCC1CNCCNC1. The largest absolute Gasteiger partial charge is 0.330 e. The highest BCUT2D eigenvalue weighted by Gasteiger charge is 2.08. The summed E-state index contributed by atoms with van der Waals surface area (Å²) < 4.78 is 0. The van der Waals surface area contributed by atoms with Crippen molar-refractivity contribution >= 4 is 0 Å². The fraction of sp³-hybridized carbons (Fsp3) is 1.00. The van der Waals surface area contributed by atoms with E-state index in [4.69, 9.17) is 5.73 Å². The van der Waals surface area contributed by atoms with E-state index in [0.717, 1.165) is 45.1 Å². The van der Waals surface area contributed by atoms with E-state index in [-0.39, 0.29) is 0 Å². The highest BCUT2D eigenvalue weighted by Crippen LogP contribution is 1.99. The molecule has 0 aromatic heterocycles. The van der Waals surface area contributed by atoms with Crippen molar-refractivity contribution in [3.63, 3.8) is 0 Å². The van der Waals surface area contributed by atoms with Gasteiger partial charge in [-0.3, -0.25) is 0 Å². The molecule has 0 radical (unpaired) electrons. The first-order valence-corrected chi connectivity index (χ1v) is 4.05. The lowest BCUT2D eigenvalue weighted by Crippen LogP contribution is -2.25. The fourth-order valence-corrected chi connectivity index (χ4v) is 1.30. The molecule has 0 aromatic carbocycles. The minimum Gasteiger partial charge on any atom is -0.330 e. The second kappa shape index (κ2) is 4.66. The molecular weight excluding hydrogens is 126 g/mol. The van der Waals surface area contributed by atoms with Crippen LogP contribution in [0.15, 0.2) is 0 Å². The minimum atomic E-state index is 0.743. The maximum Gasteiger partial charge on any atom is 0.00768 e. The molecule has 0 aliphatic carbocycles. The summed E-state index contributed by atoms with van der Waals surface area (Å²) in [4.78, 5) is 0. The van der Waals surface area contributed by atoms with Gasteiger partial charge in [-0.25, -0.2) is 0 Å². The molecule has 0 spiro atoms. The Hall–Kier alpha value is -0.120. The summed E-state index contributed by atoms with van der Waals surface area (Å²) in [6.45, 7) is 5.27. The van der Waals surface area contributed by atoms with Crippen molar-refractivity contribution in [2.24, 2.45) is 11.7 Å². The third-order valence-corrected chi connectivity index (χ3v) is 1.92. The van der Waals surface area contributed by atoms with E-state index in [1.54, 1.807) is 0 Å². The summed E-state index contributed by atoms with van der Waals surface area (Å²) in [5.41, 5.74) is 5.45. The van der Waals surface area contributed by atoms with Gasteiger partial charge in [0.05, 0.1) is 0 Å². The molecule has 0 saturated carbocycles. The van der Waals surface area contributed by atoms with Crippen molar-refractivity contribution in [1.82, 2.24) is 10.6 Å². The quantitative estimate of drug-likeness (QED) is 0.471. The molecule has 1 rings (SSSR count). The van der Waals surface area contributed by atoms with E-state index < -0.39 is 0 Å². The zero-order valence-electron chi connectivity index (χ0n) is 6.40. The van der Waals surface area contributed by atoms with Gasteiger partial charge in [-0.05, 0) is 32.0 Å². The number of hydrogen-bond acceptors (Lipinski definition) is 3. The van der Waals surface area contributed by atoms with Gasteiger partial charge < -0.3 is 16.4 Å². The molecule has 10 heavy (non-hydrogen) atoms. The average Bonchev–Trinajstić information content (AvgIpc) is 2.17. The van der Waals surface area contributed by atoms with Crippen molar-refractivity contribution in [3.05, 3.63) is 0 Å². The normalized spacial score (nSPS) is 22.5. The Balaban J connectivity index is 2.15. The summed E-state index contributed by atoms with van der Waals surface area (Å²) >= 11 is 0. The standard InChI is InChI=1S/C7H17N3/c8-2-1-7-5-9-3-4-10-6-7/h7,9-10H,1-6,8H2. The van der Waals surface area contributed by atoms with Gasteiger partial charge in [0, 0.05) is 13.1 Å². The zero-order chi connectivity index (χ0) is 7.23. The molecule has 1 fully saturated rings. The Labute approximate surface area is 62.4 Å². The van der Waals surface area contributed by atoms with E-state index in [1.165, 1.54) is 0 Å². The molecule has 0 aromatic rings. The van der Waals surface area contributed by atoms with Crippen LogP contribution in [-0.4, -0.2) is 32.7 Å². The van der Waals surface area contributed by atoms with Gasteiger partial charge in [-0.2, -0.15) is 0 Å². The second-order valence-corrected chi connectivity index (χ2v) is 2.85. The number of nitrogens with two attached hydrogens (primary N) is 1. The highest BCUT2D eigenvalue weighted by atomic mass is 15.0. The Kier molecular flexibility index (Phi) is 3.72. The predicted molar refractivity (Wildman–Crippen MR) is 42.9 cm³/mol. The van der Waals surface area contributed by atoms with Crippen LogP contribution in [0, 0.1) is 5.92 Å². The van der Waals surface area contributed by atoms with Crippen LogP contribution in [0.5, 0.6) is 0 Å². The average molecular weight is 143 g/mol. The van der Waals surface area contributed by atoms with Crippen molar-refractivity contribution in [2.75, 3.05) is 32.7 Å². The zero-order valence-corrected chi connectivity index (χ0v) is 6.40. The molecule has 3 nitrogen and oxygen atoms in total. The maximum absolute atomic E-state index is 5.45. The van der Waals surface area contributed by atoms with E-state index >= 15 is 0 Å². The summed E-state index contributed by atoms with van der Waals surface area (Å²) in [6.07, 6.45) is 1.14.